The van der Waals surface area contributed by atoms with Gasteiger partial charge < -0.3 is 14.2 Å². The highest BCUT2D eigenvalue weighted by molar-refractivity contribution is 5.71. The fourth-order valence-electron chi connectivity index (χ4n) is 8.39. The summed E-state index contributed by atoms with van der Waals surface area (Å²) < 4.78 is 16.8. The van der Waals surface area contributed by atoms with Crippen molar-refractivity contribution in [2.75, 3.05) is 13.2 Å². The predicted molar refractivity (Wildman–Crippen MR) is 320 cm³/mol. The molecule has 0 aromatic carbocycles. The third-order valence-electron chi connectivity index (χ3n) is 13.0. The van der Waals surface area contributed by atoms with Crippen LogP contribution in [-0.4, -0.2) is 37.2 Å². The van der Waals surface area contributed by atoms with Crippen LogP contribution in [-0.2, 0) is 28.6 Å². The van der Waals surface area contributed by atoms with E-state index < -0.39 is 6.10 Å². The minimum atomic E-state index is -0.787. The summed E-state index contributed by atoms with van der Waals surface area (Å²) in [5.74, 6) is -0.906. The molecule has 6 nitrogen and oxygen atoms in total. The molecular weight excluding hydrogens is 913 g/mol. The zero-order valence-corrected chi connectivity index (χ0v) is 48.3. The lowest BCUT2D eigenvalue weighted by atomic mass is 10.1. The number of rotatable bonds is 55. The van der Waals surface area contributed by atoms with E-state index in [1.54, 1.807) is 0 Å². The van der Waals surface area contributed by atoms with Crippen LogP contribution < -0.4 is 0 Å². The molecule has 0 aromatic heterocycles. The Bertz CT molecular complexity index is 1510. The number of esters is 3. The molecule has 0 radical (unpaired) electrons. The second-order valence-corrected chi connectivity index (χ2v) is 20.2. The fraction of sp³-hybridized carbons (Fsp3) is 0.691. The van der Waals surface area contributed by atoms with Crippen LogP contribution in [0.4, 0.5) is 0 Å². The Labute approximate surface area is 457 Å². The van der Waals surface area contributed by atoms with Crippen LogP contribution >= 0.6 is 0 Å². The highest BCUT2D eigenvalue weighted by Crippen LogP contribution is 2.15. The molecule has 1 unspecified atom stereocenters. The van der Waals surface area contributed by atoms with Crippen molar-refractivity contribution >= 4 is 17.9 Å². The number of ether oxygens (including phenoxy) is 3. The van der Waals surface area contributed by atoms with Crippen LogP contribution in [0, 0.1) is 0 Å². The van der Waals surface area contributed by atoms with Gasteiger partial charge in [-0.15, -0.1) is 0 Å². The smallest absolute Gasteiger partial charge is 0.306 e. The normalized spacial score (nSPS) is 12.9. The van der Waals surface area contributed by atoms with Crippen molar-refractivity contribution in [3.8, 4) is 0 Å². The zero-order chi connectivity index (χ0) is 53.6. The van der Waals surface area contributed by atoms with Gasteiger partial charge in [0.1, 0.15) is 13.2 Å². The maximum Gasteiger partial charge on any atom is 0.306 e. The van der Waals surface area contributed by atoms with Gasteiger partial charge in [0.25, 0.3) is 0 Å². The van der Waals surface area contributed by atoms with E-state index in [9.17, 15) is 14.4 Å². The molecule has 0 aliphatic carbocycles. The van der Waals surface area contributed by atoms with Gasteiger partial charge >= 0.3 is 17.9 Å². The molecule has 0 N–H and O–H groups in total. The third-order valence-corrected chi connectivity index (χ3v) is 13.0. The van der Waals surface area contributed by atoms with E-state index >= 15 is 0 Å². The van der Waals surface area contributed by atoms with Crippen molar-refractivity contribution in [2.45, 2.75) is 290 Å². The van der Waals surface area contributed by atoms with Gasteiger partial charge in [0, 0.05) is 19.3 Å². The minimum Gasteiger partial charge on any atom is -0.462 e. The maximum atomic E-state index is 12.8. The second kappa shape index (κ2) is 61.6. The molecule has 422 valence electrons. The van der Waals surface area contributed by atoms with Crippen LogP contribution in [0.1, 0.15) is 284 Å². The average molecular weight is 1030 g/mol. The molecule has 0 heterocycles. The molecular formula is C68H114O6. The van der Waals surface area contributed by atoms with Crippen LogP contribution in [0.15, 0.2) is 109 Å². The molecule has 74 heavy (non-hydrogen) atoms. The minimum absolute atomic E-state index is 0.0844. The fourth-order valence-corrected chi connectivity index (χ4v) is 8.39. The highest BCUT2D eigenvalue weighted by Gasteiger charge is 2.19. The van der Waals surface area contributed by atoms with Gasteiger partial charge in [0.15, 0.2) is 6.10 Å². The quantitative estimate of drug-likeness (QED) is 0.0261. The Balaban J connectivity index is 4.27. The van der Waals surface area contributed by atoms with E-state index in [-0.39, 0.29) is 31.1 Å². The standard InChI is InChI=1S/C68H114O6/c1-4-7-10-13-16-19-22-24-26-27-28-29-30-31-32-33-34-35-36-37-38-39-40-41-43-44-46-49-52-55-58-61-67(70)73-64-65(63-72-66(69)60-57-54-51-48-21-18-15-12-9-6-3)74-68(71)62-59-56-53-50-47-45-42-25-23-20-17-14-11-8-5-2/h7,10,16,19,24-26,28-29,31-32,34-35,37-38,40-42,65H,4-6,8-9,11-15,17-18,20-23,27,30,33,36,39,43-64H2,1-3H3/b10-7-,19-16-,26-24-,29-28-,32-31-,35-34-,38-37-,41-40-,42-25-. The summed E-state index contributed by atoms with van der Waals surface area (Å²) in [6.45, 7) is 6.50. The predicted octanol–water partition coefficient (Wildman–Crippen LogP) is 21.0. The first-order chi connectivity index (χ1) is 36.5. The van der Waals surface area contributed by atoms with Crippen molar-refractivity contribution < 1.29 is 28.6 Å². The van der Waals surface area contributed by atoms with Gasteiger partial charge in [-0.1, -0.05) is 265 Å². The number of hydrogen-bond acceptors (Lipinski definition) is 6. The van der Waals surface area contributed by atoms with E-state index in [4.69, 9.17) is 14.2 Å². The van der Waals surface area contributed by atoms with E-state index in [0.29, 0.717) is 19.3 Å². The van der Waals surface area contributed by atoms with Gasteiger partial charge in [-0.3, -0.25) is 14.4 Å². The van der Waals surface area contributed by atoms with Crippen molar-refractivity contribution in [3.05, 3.63) is 109 Å². The Hall–Kier alpha value is -3.93. The lowest BCUT2D eigenvalue weighted by molar-refractivity contribution is -0.167. The second-order valence-electron chi connectivity index (χ2n) is 20.2. The zero-order valence-electron chi connectivity index (χ0n) is 48.3. The summed E-state index contributed by atoms with van der Waals surface area (Å²) in [5, 5.41) is 0. The Morgan fingerprint density at radius 2 is 0.527 bits per heavy atom. The number of hydrogen-bond donors (Lipinski definition) is 0. The molecule has 1 atom stereocenters. The first-order valence-corrected chi connectivity index (χ1v) is 30.9. The maximum absolute atomic E-state index is 12.8. The van der Waals surface area contributed by atoms with Gasteiger partial charge in [-0.2, -0.15) is 0 Å². The lowest BCUT2D eigenvalue weighted by Gasteiger charge is -2.18. The van der Waals surface area contributed by atoms with E-state index in [2.05, 4.69) is 130 Å². The van der Waals surface area contributed by atoms with Gasteiger partial charge in [-0.25, -0.2) is 0 Å². The number of carbonyl (C=O) groups is 3. The first-order valence-electron chi connectivity index (χ1n) is 30.9. The summed E-state index contributed by atoms with van der Waals surface area (Å²) in [5.41, 5.74) is 0. The Morgan fingerprint density at radius 3 is 0.838 bits per heavy atom. The summed E-state index contributed by atoms with van der Waals surface area (Å²) in [7, 11) is 0. The van der Waals surface area contributed by atoms with Gasteiger partial charge in [-0.05, 0) is 109 Å². The van der Waals surface area contributed by atoms with Crippen molar-refractivity contribution in [2.24, 2.45) is 0 Å². The third kappa shape index (κ3) is 59.0. The number of allylic oxidation sites excluding steroid dienone is 18. The molecule has 0 spiro atoms. The lowest BCUT2D eigenvalue weighted by Crippen LogP contribution is -2.30. The van der Waals surface area contributed by atoms with Crippen LogP contribution in [0.25, 0.3) is 0 Å². The molecule has 0 fully saturated rings. The molecule has 0 saturated carbocycles. The number of carbonyl (C=O) groups excluding carboxylic acids is 3. The van der Waals surface area contributed by atoms with Crippen molar-refractivity contribution in [1.82, 2.24) is 0 Å². The van der Waals surface area contributed by atoms with Gasteiger partial charge in [0.2, 0.25) is 0 Å². The summed E-state index contributed by atoms with van der Waals surface area (Å²) in [6, 6.07) is 0. The van der Waals surface area contributed by atoms with E-state index in [1.165, 1.54) is 109 Å². The molecule has 0 aromatic rings. The van der Waals surface area contributed by atoms with Crippen LogP contribution in [0.5, 0.6) is 0 Å². The van der Waals surface area contributed by atoms with Crippen LogP contribution in [0.2, 0.25) is 0 Å². The average Bonchev–Trinajstić information content (AvgIpc) is 3.40. The van der Waals surface area contributed by atoms with E-state index in [1.807, 2.05) is 0 Å². The van der Waals surface area contributed by atoms with Crippen LogP contribution in [0.3, 0.4) is 0 Å². The van der Waals surface area contributed by atoms with Crippen molar-refractivity contribution in [3.63, 3.8) is 0 Å². The van der Waals surface area contributed by atoms with E-state index in [0.717, 1.165) is 135 Å². The van der Waals surface area contributed by atoms with Crippen molar-refractivity contribution in [1.29, 1.82) is 0 Å². The summed E-state index contributed by atoms with van der Waals surface area (Å²) in [4.78, 5) is 38.1. The summed E-state index contributed by atoms with van der Waals surface area (Å²) in [6.07, 6.45) is 83.8. The number of unbranched alkanes of at least 4 members (excludes halogenated alkanes) is 26. The molecule has 6 heteroatoms. The molecule has 0 saturated heterocycles. The monoisotopic (exact) mass is 1030 g/mol. The Kier molecular flexibility index (Phi) is 58.3. The SMILES string of the molecule is CC/C=C\C/C=C\C/C=C\C/C=C\C/C=C\C/C=C\C/C=C\C/C=C\CCCCCCCCC(=O)OCC(COC(=O)CCCCCCCCCCCC)OC(=O)CCCCCCC/C=C\CCCCCCCC. The highest BCUT2D eigenvalue weighted by atomic mass is 16.6. The molecule has 0 rings (SSSR count). The van der Waals surface area contributed by atoms with Gasteiger partial charge in [0.05, 0.1) is 0 Å². The molecule has 0 aliphatic rings. The molecule has 0 amide bonds. The largest absolute Gasteiger partial charge is 0.462 e. The molecule has 0 aliphatic heterocycles. The topological polar surface area (TPSA) is 78.9 Å². The Morgan fingerprint density at radius 1 is 0.284 bits per heavy atom. The summed E-state index contributed by atoms with van der Waals surface area (Å²) >= 11 is 0. The molecule has 0 bridgehead atoms. The first kappa shape index (κ1) is 70.1.